The molecule has 38 heavy (non-hydrogen) atoms. The van der Waals surface area contributed by atoms with Crippen molar-refractivity contribution in [3.63, 3.8) is 0 Å². The fraction of sp³-hybridized carbons (Fsp3) is 0.133. The summed E-state index contributed by atoms with van der Waals surface area (Å²) in [6.07, 6.45) is -0.438. The van der Waals surface area contributed by atoms with Crippen LogP contribution in [-0.4, -0.2) is 18.7 Å². The number of benzene rings is 4. The number of ketones is 1. The zero-order chi connectivity index (χ0) is 26.6. The topological polar surface area (TPSA) is 54.4 Å². The molecule has 0 aromatic heterocycles. The summed E-state index contributed by atoms with van der Waals surface area (Å²) in [5, 5.41) is 7.90. The average Bonchev–Trinajstić information content (AvgIpc) is 3.34. The van der Waals surface area contributed by atoms with E-state index in [1.54, 1.807) is 19.2 Å². The molecule has 0 aliphatic carbocycles. The second-order valence-electron chi connectivity index (χ2n) is 8.73. The van der Waals surface area contributed by atoms with Crippen molar-refractivity contribution in [2.45, 2.75) is 19.7 Å². The van der Waals surface area contributed by atoms with Crippen LogP contribution in [0, 0.1) is 0 Å². The van der Waals surface area contributed by atoms with E-state index in [1.165, 1.54) is 6.92 Å². The average molecular weight is 546 g/mol. The number of anilines is 2. The zero-order valence-electron chi connectivity index (χ0n) is 20.8. The van der Waals surface area contributed by atoms with Crippen LogP contribution in [0.2, 0.25) is 10.0 Å². The van der Waals surface area contributed by atoms with Crippen molar-refractivity contribution in [3.05, 3.63) is 118 Å². The van der Waals surface area contributed by atoms with Gasteiger partial charge in [-0.2, -0.15) is 0 Å². The highest BCUT2D eigenvalue weighted by Crippen LogP contribution is 2.40. The third kappa shape index (κ3) is 5.47. The lowest BCUT2D eigenvalue weighted by molar-refractivity contribution is -0.111. The fourth-order valence-electron chi connectivity index (χ4n) is 4.26. The minimum Gasteiger partial charge on any atom is -0.497 e. The van der Waals surface area contributed by atoms with Gasteiger partial charge in [0.25, 0.3) is 0 Å². The smallest absolute Gasteiger partial charge is 0.198 e. The highest BCUT2D eigenvalue weighted by atomic mass is 35.5. The van der Waals surface area contributed by atoms with Gasteiger partial charge < -0.3 is 9.47 Å². The van der Waals surface area contributed by atoms with Gasteiger partial charge in [-0.15, -0.1) is 5.10 Å². The summed E-state index contributed by atoms with van der Waals surface area (Å²) in [4.78, 5) is 14.7. The lowest BCUT2D eigenvalue weighted by Gasteiger charge is -2.32. The van der Waals surface area contributed by atoms with Crippen LogP contribution < -0.4 is 19.4 Å². The maximum Gasteiger partial charge on any atom is 0.198 e. The number of nitrogens with zero attached hydrogens (tertiary/aromatic N) is 3. The molecule has 5 rings (SSSR count). The SMILES string of the molecule is COc1cccc(N2C(C(C)=O)=NN(c3ccc(Cl)cc3)[C@H]2c2ccc(OCc3ccc(Cl)cc3)cc2)c1. The van der Waals surface area contributed by atoms with E-state index in [-0.39, 0.29) is 5.78 Å². The molecule has 0 bridgehead atoms. The molecular weight excluding hydrogens is 521 g/mol. The van der Waals surface area contributed by atoms with E-state index in [0.717, 1.165) is 28.3 Å². The third-order valence-electron chi connectivity index (χ3n) is 6.14. The van der Waals surface area contributed by atoms with Gasteiger partial charge in [0.05, 0.1) is 12.8 Å². The second-order valence-corrected chi connectivity index (χ2v) is 9.60. The summed E-state index contributed by atoms with van der Waals surface area (Å²) in [6.45, 7) is 1.94. The molecule has 6 nitrogen and oxygen atoms in total. The van der Waals surface area contributed by atoms with Crippen LogP contribution in [0.25, 0.3) is 0 Å². The molecule has 0 amide bonds. The van der Waals surface area contributed by atoms with Crippen LogP contribution in [0.4, 0.5) is 11.4 Å². The van der Waals surface area contributed by atoms with Crippen LogP contribution in [0.15, 0.2) is 102 Å². The van der Waals surface area contributed by atoms with Crippen molar-refractivity contribution in [3.8, 4) is 11.5 Å². The van der Waals surface area contributed by atoms with Gasteiger partial charge >= 0.3 is 0 Å². The Balaban J connectivity index is 1.51. The van der Waals surface area contributed by atoms with Gasteiger partial charge in [-0.3, -0.25) is 9.69 Å². The Labute approximate surface area is 231 Å². The summed E-state index contributed by atoms with van der Waals surface area (Å²) in [5.74, 6) is 1.57. The van der Waals surface area contributed by atoms with Crippen LogP contribution in [0.1, 0.15) is 24.2 Å². The predicted octanol–water partition coefficient (Wildman–Crippen LogP) is 7.51. The highest BCUT2D eigenvalue weighted by molar-refractivity contribution is 6.44. The van der Waals surface area contributed by atoms with Crippen LogP contribution >= 0.6 is 23.2 Å². The predicted molar refractivity (Wildman–Crippen MR) is 152 cm³/mol. The summed E-state index contributed by atoms with van der Waals surface area (Å²) in [7, 11) is 1.61. The number of halogens is 2. The van der Waals surface area contributed by atoms with E-state index in [0.29, 0.717) is 28.2 Å². The minimum absolute atomic E-state index is 0.155. The first kappa shape index (κ1) is 25.6. The maximum atomic E-state index is 12.8. The van der Waals surface area contributed by atoms with E-state index < -0.39 is 6.17 Å². The quantitative estimate of drug-likeness (QED) is 0.229. The Kier molecular flexibility index (Phi) is 7.54. The van der Waals surface area contributed by atoms with Gasteiger partial charge in [0.15, 0.2) is 17.8 Å². The molecule has 0 unspecified atom stereocenters. The summed E-state index contributed by atoms with van der Waals surface area (Å²) in [6, 6.07) is 30.3. The first-order valence-corrected chi connectivity index (χ1v) is 12.7. The number of amidine groups is 1. The van der Waals surface area contributed by atoms with Gasteiger partial charge in [0, 0.05) is 28.7 Å². The zero-order valence-corrected chi connectivity index (χ0v) is 22.4. The molecular formula is C30H25Cl2N3O3. The number of hydrogen-bond acceptors (Lipinski definition) is 6. The van der Waals surface area contributed by atoms with Gasteiger partial charge in [-0.1, -0.05) is 53.5 Å². The van der Waals surface area contributed by atoms with E-state index in [2.05, 4.69) is 0 Å². The Morgan fingerprint density at radius 3 is 2.13 bits per heavy atom. The second kappa shape index (κ2) is 11.2. The van der Waals surface area contributed by atoms with Crippen molar-refractivity contribution in [2.24, 2.45) is 5.10 Å². The molecule has 0 saturated carbocycles. The molecule has 4 aromatic rings. The van der Waals surface area contributed by atoms with Crippen LogP contribution in [0.3, 0.4) is 0 Å². The molecule has 0 N–H and O–H groups in total. The van der Waals surface area contributed by atoms with Crippen LogP contribution in [-0.2, 0) is 11.4 Å². The first-order chi connectivity index (χ1) is 18.4. The first-order valence-electron chi connectivity index (χ1n) is 12.0. The van der Waals surface area contributed by atoms with Gasteiger partial charge in [-0.05, 0) is 71.8 Å². The molecule has 4 aromatic carbocycles. The lowest BCUT2D eigenvalue weighted by Crippen LogP contribution is -2.37. The third-order valence-corrected chi connectivity index (χ3v) is 6.65. The van der Waals surface area contributed by atoms with E-state index >= 15 is 0 Å². The van der Waals surface area contributed by atoms with Crippen molar-refractivity contribution in [1.29, 1.82) is 0 Å². The molecule has 1 aliphatic rings. The van der Waals surface area contributed by atoms with Crippen molar-refractivity contribution >= 4 is 46.2 Å². The van der Waals surface area contributed by atoms with Crippen molar-refractivity contribution < 1.29 is 14.3 Å². The highest BCUT2D eigenvalue weighted by Gasteiger charge is 2.39. The van der Waals surface area contributed by atoms with E-state index in [1.807, 2.05) is 94.8 Å². The lowest BCUT2D eigenvalue weighted by atomic mass is 10.1. The number of carbonyl (C=O) groups is 1. The maximum absolute atomic E-state index is 12.8. The molecule has 1 atom stereocenters. The van der Waals surface area contributed by atoms with Gasteiger partial charge in [0.1, 0.15) is 18.1 Å². The number of hydrogen-bond donors (Lipinski definition) is 0. The van der Waals surface area contributed by atoms with Crippen molar-refractivity contribution in [1.82, 2.24) is 0 Å². The Morgan fingerprint density at radius 1 is 0.842 bits per heavy atom. The standard InChI is InChI=1S/C30H25Cl2N3O3/c1-20(36)29-33-35(25-14-12-24(32)13-15-25)30(34(29)26-4-3-5-28(18-26)37-2)22-8-16-27(17-9-22)38-19-21-6-10-23(31)11-7-21/h3-18,30H,19H2,1-2H3/t30-/m0/s1. The van der Waals surface area contributed by atoms with E-state index in [9.17, 15) is 4.79 Å². The Morgan fingerprint density at radius 2 is 1.50 bits per heavy atom. The van der Waals surface area contributed by atoms with E-state index in [4.69, 9.17) is 37.8 Å². The number of Topliss-reactive ketones (excluding diaryl/α,β-unsaturated/α-hetero) is 1. The van der Waals surface area contributed by atoms with Gasteiger partial charge in [-0.25, -0.2) is 5.01 Å². The monoisotopic (exact) mass is 545 g/mol. The molecule has 0 spiro atoms. The van der Waals surface area contributed by atoms with Crippen LogP contribution in [0.5, 0.6) is 11.5 Å². The minimum atomic E-state index is -0.438. The van der Waals surface area contributed by atoms with Gasteiger partial charge in [0.2, 0.25) is 0 Å². The summed E-state index contributed by atoms with van der Waals surface area (Å²) >= 11 is 12.1. The summed E-state index contributed by atoms with van der Waals surface area (Å²) < 4.78 is 11.4. The molecule has 0 radical (unpaired) electrons. The fourth-order valence-corrected chi connectivity index (χ4v) is 4.51. The normalized spacial score (nSPS) is 14.8. The Hall–Kier alpha value is -4.00. The summed E-state index contributed by atoms with van der Waals surface area (Å²) in [5.41, 5.74) is 3.52. The Bertz CT molecular complexity index is 1460. The molecule has 1 aliphatic heterocycles. The number of ether oxygens (including phenoxy) is 2. The largest absolute Gasteiger partial charge is 0.497 e. The number of rotatable bonds is 8. The molecule has 0 fully saturated rings. The van der Waals surface area contributed by atoms with Crippen molar-refractivity contribution in [2.75, 3.05) is 17.0 Å². The molecule has 0 saturated heterocycles. The number of hydrazone groups is 1. The molecule has 192 valence electrons. The molecule has 1 heterocycles. The number of methoxy groups -OCH3 is 1. The number of carbonyl (C=O) groups excluding carboxylic acids is 1. The molecule has 8 heteroatoms.